The van der Waals surface area contributed by atoms with Crippen LogP contribution in [0.1, 0.15) is 128 Å². The van der Waals surface area contributed by atoms with E-state index in [1.165, 1.54) is 121 Å². The molecule has 0 atom stereocenters. The second kappa shape index (κ2) is 16.4. The van der Waals surface area contributed by atoms with Crippen molar-refractivity contribution in [2.45, 2.75) is 136 Å². The summed E-state index contributed by atoms with van der Waals surface area (Å²) in [6.07, 6.45) is 25.7. The van der Waals surface area contributed by atoms with Crippen molar-refractivity contribution in [1.29, 1.82) is 0 Å². The van der Waals surface area contributed by atoms with Crippen LogP contribution in [0.4, 0.5) is 0 Å². The molecule has 2 nitrogen and oxygen atoms in total. The van der Waals surface area contributed by atoms with Gasteiger partial charge in [0.15, 0.2) is 0 Å². The number of imidazole rings is 1. The molecule has 2 heteroatoms. The predicted molar refractivity (Wildman–Crippen MR) is 116 cm³/mol. The SMILES string of the molecule is CCCCCCCCCCc1cn(CCCCCCCCCC)c(C)n1. The highest BCUT2D eigenvalue weighted by atomic mass is 15.1. The molecule has 1 rings (SSSR count). The van der Waals surface area contributed by atoms with Crippen LogP contribution in [0, 0.1) is 6.92 Å². The molecule has 0 saturated carbocycles. The number of hydrogen-bond donors (Lipinski definition) is 0. The molecule has 0 bridgehead atoms. The maximum atomic E-state index is 4.78. The van der Waals surface area contributed by atoms with E-state index in [9.17, 15) is 0 Å². The van der Waals surface area contributed by atoms with Gasteiger partial charge in [-0.15, -0.1) is 0 Å². The van der Waals surface area contributed by atoms with E-state index in [-0.39, 0.29) is 0 Å². The molecule has 0 aliphatic rings. The van der Waals surface area contributed by atoms with Gasteiger partial charge in [0.05, 0.1) is 5.69 Å². The van der Waals surface area contributed by atoms with Gasteiger partial charge in [-0.1, -0.05) is 104 Å². The van der Waals surface area contributed by atoms with Gasteiger partial charge in [-0.05, 0) is 26.2 Å². The van der Waals surface area contributed by atoms with Crippen molar-refractivity contribution in [2.24, 2.45) is 0 Å². The first-order chi connectivity index (χ1) is 12.8. The normalized spacial score (nSPS) is 11.3. The van der Waals surface area contributed by atoms with Crippen molar-refractivity contribution >= 4 is 0 Å². The minimum atomic E-state index is 1.16. The zero-order valence-corrected chi connectivity index (χ0v) is 18.2. The summed E-state index contributed by atoms with van der Waals surface area (Å²) in [6.45, 7) is 7.90. The van der Waals surface area contributed by atoms with E-state index >= 15 is 0 Å². The highest BCUT2D eigenvalue weighted by molar-refractivity contribution is 5.03. The van der Waals surface area contributed by atoms with E-state index in [0.717, 1.165) is 6.54 Å². The lowest BCUT2D eigenvalue weighted by Gasteiger charge is -2.05. The zero-order chi connectivity index (χ0) is 18.9. The van der Waals surface area contributed by atoms with E-state index in [2.05, 4.69) is 31.5 Å². The molecule has 26 heavy (non-hydrogen) atoms. The molecule has 0 amide bonds. The lowest BCUT2D eigenvalue weighted by Crippen LogP contribution is -1.99. The maximum Gasteiger partial charge on any atom is 0.105 e. The molecule has 152 valence electrons. The van der Waals surface area contributed by atoms with E-state index < -0.39 is 0 Å². The Bertz CT molecular complexity index is 422. The number of aryl methyl sites for hydroxylation is 3. The van der Waals surface area contributed by atoms with Gasteiger partial charge in [0.25, 0.3) is 0 Å². The van der Waals surface area contributed by atoms with Gasteiger partial charge in [-0.3, -0.25) is 0 Å². The molecule has 0 spiro atoms. The van der Waals surface area contributed by atoms with E-state index in [0.29, 0.717) is 0 Å². The van der Waals surface area contributed by atoms with Gasteiger partial charge in [0.1, 0.15) is 5.82 Å². The Balaban J connectivity index is 2.04. The van der Waals surface area contributed by atoms with Gasteiger partial charge in [-0.25, -0.2) is 4.98 Å². The molecule has 0 fully saturated rings. The van der Waals surface area contributed by atoms with Crippen LogP contribution in [0.5, 0.6) is 0 Å². The monoisotopic (exact) mass is 362 g/mol. The van der Waals surface area contributed by atoms with Gasteiger partial charge in [0, 0.05) is 12.7 Å². The third kappa shape index (κ3) is 11.8. The molecule has 1 heterocycles. The number of aromatic nitrogens is 2. The summed E-state index contributed by atoms with van der Waals surface area (Å²) in [7, 11) is 0. The quantitative estimate of drug-likeness (QED) is 0.242. The smallest absolute Gasteiger partial charge is 0.105 e. The largest absolute Gasteiger partial charge is 0.335 e. The molecule has 0 unspecified atom stereocenters. The first kappa shape index (κ1) is 23.2. The third-order valence-electron chi connectivity index (χ3n) is 5.56. The zero-order valence-electron chi connectivity index (χ0n) is 18.2. The fraction of sp³-hybridized carbons (Fsp3) is 0.875. The first-order valence-electron chi connectivity index (χ1n) is 11.8. The second-order valence-corrected chi connectivity index (χ2v) is 8.17. The van der Waals surface area contributed by atoms with E-state index in [1.807, 2.05) is 0 Å². The van der Waals surface area contributed by atoms with Crippen LogP contribution in [-0.4, -0.2) is 9.55 Å². The molecule has 0 aliphatic heterocycles. The standard InChI is InChI=1S/C24H46N2/c1-4-6-8-10-12-14-16-18-20-24-22-26(23(3)25-24)21-19-17-15-13-11-9-7-5-2/h22H,4-21H2,1-3H3. The van der Waals surface area contributed by atoms with Crippen LogP contribution < -0.4 is 0 Å². The summed E-state index contributed by atoms with van der Waals surface area (Å²) in [5.41, 5.74) is 1.31. The van der Waals surface area contributed by atoms with E-state index in [1.54, 1.807) is 0 Å². The molecule has 0 aliphatic carbocycles. The van der Waals surface area contributed by atoms with Crippen molar-refractivity contribution in [1.82, 2.24) is 9.55 Å². The highest BCUT2D eigenvalue weighted by Crippen LogP contribution is 2.13. The van der Waals surface area contributed by atoms with Crippen LogP contribution in [0.3, 0.4) is 0 Å². The van der Waals surface area contributed by atoms with Gasteiger partial charge >= 0.3 is 0 Å². The summed E-state index contributed by atoms with van der Waals surface area (Å²) >= 11 is 0. The first-order valence-corrected chi connectivity index (χ1v) is 11.8. The summed E-state index contributed by atoms with van der Waals surface area (Å²) in [5, 5.41) is 0. The molecular weight excluding hydrogens is 316 g/mol. The summed E-state index contributed by atoms with van der Waals surface area (Å²) in [6, 6.07) is 0. The Hall–Kier alpha value is -0.790. The third-order valence-corrected chi connectivity index (χ3v) is 5.56. The van der Waals surface area contributed by atoms with Crippen molar-refractivity contribution in [3.8, 4) is 0 Å². The molecule has 0 radical (unpaired) electrons. The Labute approximate surface area is 164 Å². The Kier molecular flexibility index (Phi) is 14.7. The topological polar surface area (TPSA) is 17.8 Å². The molecular formula is C24H46N2. The maximum absolute atomic E-state index is 4.78. The molecule has 0 aromatic carbocycles. The number of unbranched alkanes of at least 4 members (excludes halogenated alkanes) is 14. The van der Waals surface area contributed by atoms with Crippen LogP contribution in [0.25, 0.3) is 0 Å². The Morgan fingerprint density at radius 3 is 1.65 bits per heavy atom. The fourth-order valence-corrected chi connectivity index (χ4v) is 3.78. The molecule has 0 N–H and O–H groups in total. The fourth-order valence-electron chi connectivity index (χ4n) is 3.78. The number of nitrogens with zero attached hydrogens (tertiary/aromatic N) is 2. The van der Waals surface area contributed by atoms with Crippen molar-refractivity contribution in [3.05, 3.63) is 17.7 Å². The Morgan fingerprint density at radius 1 is 0.654 bits per heavy atom. The average molecular weight is 363 g/mol. The summed E-state index contributed by atoms with van der Waals surface area (Å²) in [5.74, 6) is 1.21. The average Bonchev–Trinajstić information content (AvgIpc) is 2.99. The molecule has 0 saturated heterocycles. The summed E-state index contributed by atoms with van der Waals surface area (Å²) < 4.78 is 2.39. The van der Waals surface area contributed by atoms with Gasteiger partial charge in [0.2, 0.25) is 0 Å². The van der Waals surface area contributed by atoms with Crippen molar-refractivity contribution in [3.63, 3.8) is 0 Å². The van der Waals surface area contributed by atoms with Crippen LogP contribution >= 0.6 is 0 Å². The summed E-state index contributed by atoms with van der Waals surface area (Å²) in [4.78, 5) is 4.78. The van der Waals surface area contributed by atoms with Gasteiger partial charge in [-0.2, -0.15) is 0 Å². The van der Waals surface area contributed by atoms with Crippen LogP contribution in [0.15, 0.2) is 6.20 Å². The van der Waals surface area contributed by atoms with Gasteiger partial charge < -0.3 is 4.57 Å². The number of hydrogen-bond acceptors (Lipinski definition) is 1. The lowest BCUT2D eigenvalue weighted by molar-refractivity contribution is 0.539. The van der Waals surface area contributed by atoms with Crippen molar-refractivity contribution in [2.75, 3.05) is 0 Å². The minimum absolute atomic E-state index is 1.16. The second-order valence-electron chi connectivity index (χ2n) is 8.17. The highest BCUT2D eigenvalue weighted by Gasteiger charge is 2.04. The minimum Gasteiger partial charge on any atom is -0.335 e. The van der Waals surface area contributed by atoms with Crippen LogP contribution in [0.2, 0.25) is 0 Å². The van der Waals surface area contributed by atoms with E-state index in [4.69, 9.17) is 4.98 Å². The molecule has 1 aromatic heterocycles. The van der Waals surface area contributed by atoms with Crippen LogP contribution in [-0.2, 0) is 13.0 Å². The Morgan fingerprint density at radius 2 is 1.12 bits per heavy atom. The lowest BCUT2D eigenvalue weighted by atomic mass is 10.1. The molecule has 1 aromatic rings. The number of rotatable bonds is 18. The predicted octanol–water partition coefficient (Wildman–Crippen LogP) is 8.02. The van der Waals surface area contributed by atoms with Crippen molar-refractivity contribution < 1.29 is 0 Å².